The maximum atomic E-state index is 2.26. The molecule has 0 spiro atoms. The second-order valence-corrected chi connectivity index (χ2v) is 5.56. The Morgan fingerprint density at radius 2 is 1.50 bits per heavy atom. The van der Waals surface area contributed by atoms with Crippen molar-refractivity contribution in [2.75, 3.05) is 12.0 Å². The average Bonchev–Trinajstić information content (AvgIpc) is 2.45. The Hall–Kier alpha value is -1.21. The Labute approximate surface area is 114 Å². The molecule has 2 rings (SSSR count). The zero-order valence-electron chi connectivity index (χ0n) is 10.9. The molecule has 0 heterocycles. The lowest BCUT2D eigenvalue weighted by molar-refractivity contribution is 0.666. The fourth-order valence-electron chi connectivity index (χ4n) is 2.27. The lowest BCUT2D eigenvalue weighted by Gasteiger charge is -2.17. The summed E-state index contributed by atoms with van der Waals surface area (Å²) in [6.45, 7) is 0. The van der Waals surface area contributed by atoms with E-state index >= 15 is 0 Å². The standard InChI is InChI=1S/C17H20S/c1-18-13-12-17(16-10-6-3-7-11-16)14-15-8-4-2-5-9-15/h2-11,17H,12-14H2,1H3. The molecule has 0 bridgehead atoms. The fourth-order valence-corrected chi connectivity index (χ4v) is 2.79. The second-order valence-electron chi connectivity index (χ2n) is 4.58. The minimum absolute atomic E-state index is 0.640. The third kappa shape index (κ3) is 3.92. The Balaban J connectivity index is 2.10. The summed E-state index contributed by atoms with van der Waals surface area (Å²) in [5, 5.41) is 0. The van der Waals surface area contributed by atoms with Crippen LogP contribution in [-0.4, -0.2) is 12.0 Å². The smallest absolute Gasteiger partial charge is 0.00644 e. The van der Waals surface area contributed by atoms with Crippen LogP contribution in [0.3, 0.4) is 0 Å². The molecule has 1 heteroatoms. The summed E-state index contributed by atoms with van der Waals surface area (Å²) < 4.78 is 0. The van der Waals surface area contributed by atoms with Gasteiger partial charge in [0.25, 0.3) is 0 Å². The van der Waals surface area contributed by atoms with Gasteiger partial charge in [-0.25, -0.2) is 0 Å². The van der Waals surface area contributed by atoms with Crippen LogP contribution in [0.4, 0.5) is 0 Å². The lowest BCUT2D eigenvalue weighted by Crippen LogP contribution is -2.04. The minimum atomic E-state index is 0.640. The van der Waals surface area contributed by atoms with Crippen LogP contribution in [0.2, 0.25) is 0 Å². The van der Waals surface area contributed by atoms with Crippen LogP contribution >= 0.6 is 11.8 Å². The molecule has 0 N–H and O–H groups in total. The molecule has 18 heavy (non-hydrogen) atoms. The molecule has 2 aromatic carbocycles. The van der Waals surface area contributed by atoms with Crippen LogP contribution in [0.15, 0.2) is 60.7 Å². The Morgan fingerprint density at radius 3 is 2.11 bits per heavy atom. The Kier molecular flexibility index (Phi) is 5.35. The van der Waals surface area contributed by atoms with Gasteiger partial charge in [0, 0.05) is 0 Å². The molecule has 0 aliphatic rings. The van der Waals surface area contributed by atoms with Crippen LogP contribution < -0.4 is 0 Å². The summed E-state index contributed by atoms with van der Waals surface area (Å²) in [6, 6.07) is 21.7. The van der Waals surface area contributed by atoms with Gasteiger partial charge < -0.3 is 0 Å². The van der Waals surface area contributed by atoms with Gasteiger partial charge >= 0.3 is 0 Å². The summed E-state index contributed by atoms with van der Waals surface area (Å²) in [5.41, 5.74) is 2.91. The van der Waals surface area contributed by atoms with Gasteiger partial charge in [-0.3, -0.25) is 0 Å². The molecule has 0 amide bonds. The van der Waals surface area contributed by atoms with E-state index in [-0.39, 0.29) is 0 Å². The first kappa shape index (κ1) is 13.2. The van der Waals surface area contributed by atoms with Gasteiger partial charge in [0.05, 0.1) is 0 Å². The third-order valence-electron chi connectivity index (χ3n) is 3.27. The van der Waals surface area contributed by atoms with Gasteiger partial charge in [0.15, 0.2) is 0 Å². The van der Waals surface area contributed by atoms with E-state index in [1.54, 1.807) is 0 Å². The van der Waals surface area contributed by atoms with E-state index in [0.29, 0.717) is 5.92 Å². The van der Waals surface area contributed by atoms with Crippen LogP contribution in [0.5, 0.6) is 0 Å². The molecule has 1 unspecified atom stereocenters. The molecule has 0 nitrogen and oxygen atoms in total. The van der Waals surface area contributed by atoms with Crippen molar-refractivity contribution < 1.29 is 0 Å². The number of hydrogen-bond acceptors (Lipinski definition) is 1. The first-order valence-corrected chi connectivity index (χ1v) is 7.87. The number of rotatable bonds is 6. The number of hydrogen-bond donors (Lipinski definition) is 0. The van der Waals surface area contributed by atoms with Crippen molar-refractivity contribution in [2.24, 2.45) is 0 Å². The van der Waals surface area contributed by atoms with E-state index in [4.69, 9.17) is 0 Å². The number of thioether (sulfide) groups is 1. The van der Waals surface area contributed by atoms with Gasteiger partial charge in [-0.2, -0.15) is 11.8 Å². The van der Waals surface area contributed by atoms with Gasteiger partial charge in [0.1, 0.15) is 0 Å². The van der Waals surface area contributed by atoms with Crippen LogP contribution in [0, 0.1) is 0 Å². The minimum Gasteiger partial charge on any atom is -0.165 e. The molecule has 2 aromatic rings. The first-order valence-electron chi connectivity index (χ1n) is 6.48. The van der Waals surface area contributed by atoms with Gasteiger partial charge in [-0.05, 0) is 41.9 Å². The molecule has 0 aliphatic carbocycles. The monoisotopic (exact) mass is 256 g/mol. The maximum Gasteiger partial charge on any atom is -0.00644 e. The highest BCUT2D eigenvalue weighted by molar-refractivity contribution is 7.98. The summed E-state index contributed by atoms with van der Waals surface area (Å²) in [6.07, 6.45) is 4.58. The molecule has 0 saturated heterocycles. The van der Waals surface area contributed by atoms with E-state index in [1.165, 1.54) is 23.3 Å². The molecule has 0 saturated carbocycles. The molecule has 0 radical (unpaired) electrons. The molecule has 94 valence electrons. The van der Waals surface area contributed by atoms with Crippen molar-refractivity contribution in [1.82, 2.24) is 0 Å². The fraction of sp³-hybridized carbons (Fsp3) is 0.294. The molecule has 0 fully saturated rings. The van der Waals surface area contributed by atoms with Crippen LogP contribution in [0.1, 0.15) is 23.5 Å². The zero-order chi connectivity index (χ0) is 12.6. The molecule has 0 aromatic heterocycles. The summed E-state index contributed by atoms with van der Waals surface area (Å²) in [7, 11) is 0. The van der Waals surface area contributed by atoms with Gasteiger partial charge in [-0.1, -0.05) is 60.7 Å². The highest BCUT2D eigenvalue weighted by Crippen LogP contribution is 2.25. The molecule has 0 aliphatic heterocycles. The molecular weight excluding hydrogens is 236 g/mol. The van der Waals surface area contributed by atoms with Gasteiger partial charge in [-0.15, -0.1) is 0 Å². The summed E-state index contributed by atoms with van der Waals surface area (Å²) in [5.74, 6) is 1.87. The lowest BCUT2D eigenvalue weighted by atomic mass is 9.90. The molecular formula is C17H20S. The van der Waals surface area contributed by atoms with Crippen molar-refractivity contribution in [3.8, 4) is 0 Å². The van der Waals surface area contributed by atoms with E-state index in [0.717, 1.165) is 6.42 Å². The predicted octanol–water partition coefficient (Wildman–Crippen LogP) is 4.77. The second kappa shape index (κ2) is 7.27. The van der Waals surface area contributed by atoms with E-state index in [2.05, 4.69) is 66.9 Å². The highest BCUT2D eigenvalue weighted by atomic mass is 32.2. The first-order chi connectivity index (χ1) is 8.90. The normalized spacial score (nSPS) is 12.3. The summed E-state index contributed by atoms with van der Waals surface area (Å²) in [4.78, 5) is 0. The highest BCUT2D eigenvalue weighted by Gasteiger charge is 2.11. The predicted molar refractivity (Wildman–Crippen MR) is 82.3 cm³/mol. The Bertz CT molecular complexity index is 436. The average molecular weight is 256 g/mol. The van der Waals surface area contributed by atoms with Crippen LogP contribution in [0.25, 0.3) is 0 Å². The quantitative estimate of drug-likeness (QED) is 0.717. The van der Waals surface area contributed by atoms with Crippen molar-refractivity contribution in [2.45, 2.75) is 18.8 Å². The van der Waals surface area contributed by atoms with Crippen molar-refractivity contribution in [3.05, 3.63) is 71.8 Å². The van der Waals surface area contributed by atoms with E-state index in [9.17, 15) is 0 Å². The maximum absolute atomic E-state index is 2.26. The van der Waals surface area contributed by atoms with Crippen LogP contribution in [-0.2, 0) is 6.42 Å². The summed E-state index contributed by atoms with van der Waals surface area (Å²) >= 11 is 1.94. The SMILES string of the molecule is CSCCC(Cc1ccccc1)c1ccccc1. The number of benzene rings is 2. The van der Waals surface area contributed by atoms with Crippen molar-refractivity contribution in [3.63, 3.8) is 0 Å². The third-order valence-corrected chi connectivity index (χ3v) is 3.91. The van der Waals surface area contributed by atoms with Gasteiger partial charge in [0.2, 0.25) is 0 Å². The van der Waals surface area contributed by atoms with E-state index < -0.39 is 0 Å². The molecule has 1 atom stereocenters. The topological polar surface area (TPSA) is 0 Å². The zero-order valence-corrected chi connectivity index (χ0v) is 11.7. The Morgan fingerprint density at radius 1 is 0.889 bits per heavy atom. The van der Waals surface area contributed by atoms with E-state index in [1.807, 2.05) is 11.8 Å². The largest absolute Gasteiger partial charge is 0.165 e. The van der Waals surface area contributed by atoms with Crippen molar-refractivity contribution in [1.29, 1.82) is 0 Å². The van der Waals surface area contributed by atoms with Crippen molar-refractivity contribution >= 4 is 11.8 Å².